The van der Waals surface area contributed by atoms with Crippen LogP contribution in [0.2, 0.25) is 0 Å². The van der Waals surface area contributed by atoms with Crippen molar-refractivity contribution >= 4 is 0 Å². The van der Waals surface area contributed by atoms with E-state index >= 15 is 0 Å². The summed E-state index contributed by atoms with van der Waals surface area (Å²) in [7, 11) is 0. The highest BCUT2D eigenvalue weighted by Crippen LogP contribution is 2.39. The Hall–Kier alpha value is -0.460. The lowest BCUT2D eigenvalue weighted by molar-refractivity contribution is 0.313. The van der Waals surface area contributed by atoms with Gasteiger partial charge in [0, 0.05) is 6.54 Å². The Kier molecular flexibility index (Phi) is 7.46. The molecule has 0 aromatic carbocycles. The van der Waals surface area contributed by atoms with E-state index in [1.165, 1.54) is 64.2 Å². The van der Waals surface area contributed by atoms with E-state index in [1.807, 2.05) is 0 Å². The van der Waals surface area contributed by atoms with Gasteiger partial charge >= 0.3 is 0 Å². The second kappa shape index (κ2) is 8.61. The smallest absolute Gasteiger partial charge is 0.0141 e. The van der Waals surface area contributed by atoms with Gasteiger partial charge in [-0.25, -0.2) is 0 Å². The summed E-state index contributed by atoms with van der Waals surface area (Å²) in [6.07, 6.45) is 15.9. The maximum atomic E-state index is 3.57. The average molecular weight is 251 g/mol. The first kappa shape index (κ1) is 15.6. The first-order chi connectivity index (χ1) is 8.73. The Labute approximate surface area is 114 Å². The Morgan fingerprint density at radius 3 is 2.28 bits per heavy atom. The van der Waals surface area contributed by atoms with Crippen LogP contribution >= 0.6 is 0 Å². The fraction of sp³-hybridized carbons (Fsp3) is 0.882. The van der Waals surface area contributed by atoms with Gasteiger partial charge in [-0.3, -0.25) is 0 Å². The summed E-state index contributed by atoms with van der Waals surface area (Å²) >= 11 is 0. The minimum atomic E-state index is 0.440. The molecule has 0 aromatic rings. The van der Waals surface area contributed by atoms with Gasteiger partial charge in [0.25, 0.3) is 0 Å². The lowest BCUT2D eigenvalue weighted by Crippen LogP contribution is -2.22. The molecule has 1 N–H and O–H groups in total. The van der Waals surface area contributed by atoms with E-state index in [0.29, 0.717) is 5.41 Å². The van der Waals surface area contributed by atoms with E-state index in [4.69, 9.17) is 0 Å². The molecule has 1 aliphatic rings. The molecule has 1 heteroatoms. The lowest BCUT2D eigenvalue weighted by atomic mass is 9.73. The molecule has 0 atom stereocenters. The van der Waals surface area contributed by atoms with Crippen molar-refractivity contribution in [2.75, 3.05) is 6.54 Å². The highest BCUT2D eigenvalue weighted by molar-refractivity contribution is 5.13. The fourth-order valence-electron chi connectivity index (χ4n) is 3.37. The van der Waals surface area contributed by atoms with Crippen LogP contribution in [0.25, 0.3) is 0 Å². The van der Waals surface area contributed by atoms with Gasteiger partial charge in [-0.15, -0.1) is 0 Å². The van der Waals surface area contributed by atoms with Crippen molar-refractivity contribution in [1.29, 1.82) is 0 Å². The number of nitrogens with one attached hydrogen (secondary N) is 1. The van der Waals surface area contributed by atoms with E-state index in [1.54, 1.807) is 5.57 Å². The molecule has 1 nitrogen and oxygen atoms in total. The largest absolute Gasteiger partial charge is 0.391 e. The zero-order chi connectivity index (χ0) is 13.3. The van der Waals surface area contributed by atoms with Crippen molar-refractivity contribution in [3.05, 3.63) is 11.8 Å². The van der Waals surface area contributed by atoms with E-state index in [2.05, 4.69) is 32.3 Å². The van der Waals surface area contributed by atoms with Gasteiger partial charge in [-0.05, 0) is 49.3 Å². The van der Waals surface area contributed by atoms with Gasteiger partial charge < -0.3 is 5.32 Å². The van der Waals surface area contributed by atoms with Crippen LogP contribution in [0, 0.1) is 5.41 Å². The highest BCUT2D eigenvalue weighted by atomic mass is 14.8. The third-order valence-electron chi connectivity index (χ3n) is 4.42. The molecule has 106 valence electrons. The maximum absolute atomic E-state index is 3.57. The molecule has 1 heterocycles. The Morgan fingerprint density at radius 2 is 1.61 bits per heavy atom. The zero-order valence-electron chi connectivity index (χ0n) is 12.9. The normalized spacial score (nSPS) is 21.8. The molecule has 0 aliphatic carbocycles. The summed E-state index contributed by atoms with van der Waals surface area (Å²) in [6.45, 7) is 8.29. The summed E-state index contributed by atoms with van der Waals surface area (Å²) in [5.74, 6) is 0. The van der Waals surface area contributed by atoms with Gasteiger partial charge in [0.1, 0.15) is 0 Å². The van der Waals surface area contributed by atoms with Crippen molar-refractivity contribution in [2.45, 2.75) is 85.0 Å². The maximum Gasteiger partial charge on any atom is 0.0141 e. The monoisotopic (exact) mass is 251 g/mol. The number of rotatable bonds is 5. The average Bonchev–Trinajstić information content (AvgIpc) is 2.36. The van der Waals surface area contributed by atoms with Crippen LogP contribution in [-0.2, 0) is 0 Å². The second-order valence-electron chi connectivity index (χ2n) is 6.20. The van der Waals surface area contributed by atoms with Crippen molar-refractivity contribution in [1.82, 2.24) is 5.32 Å². The standard InChI is InChI=1S/C17H33N/c1-4-12-17(3,13-5-2)16-11-9-7-6-8-10-14-18-15-16/h15,18H,4-14H2,1-3H3/b16-15+. The molecular formula is C17H33N. The Bertz CT molecular complexity index is 236. The number of hydrogen-bond donors (Lipinski definition) is 1. The van der Waals surface area contributed by atoms with Crippen molar-refractivity contribution in [3.8, 4) is 0 Å². The fourth-order valence-corrected chi connectivity index (χ4v) is 3.37. The summed E-state index contributed by atoms with van der Waals surface area (Å²) in [5, 5.41) is 3.57. The van der Waals surface area contributed by atoms with Crippen LogP contribution in [0.5, 0.6) is 0 Å². The van der Waals surface area contributed by atoms with E-state index in [9.17, 15) is 0 Å². The molecule has 1 rings (SSSR count). The van der Waals surface area contributed by atoms with Gasteiger partial charge in [0.2, 0.25) is 0 Å². The predicted molar refractivity (Wildman–Crippen MR) is 81.7 cm³/mol. The molecule has 0 radical (unpaired) electrons. The molecule has 0 saturated heterocycles. The van der Waals surface area contributed by atoms with E-state index < -0.39 is 0 Å². The number of hydrogen-bond acceptors (Lipinski definition) is 1. The minimum Gasteiger partial charge on any atom is -0.391 e. The topological polar surface area (TPSA) is 12.0 Å². The first-order valence-corrected chi connectivity index (χ1v) is 8.16. The predicted octanol–water partition coefficient (Wildman–Crippen LogP) is 5.42. The Balaban J connectivity index is 2.73. The molecule has 0 spiro atoms. The van der Waals surface area contributed by atoms with Crippen LogP contribution < -0.4 is 5.32 Å². The number of allylic oxidation sites excluding steroid dienone is 1. The third-order valence-corrected chi connectivity index (χ3v) is 4.42. The highest BCUT2D eigenvalue weighted by Gasteiger charge is 2.26. The Morgan fingerprint density at radius 1 is 1.00 bits per heavy atom. The second-order valence-corrected chi connectivity index (χ2v) is 6.20. The van der Waals surface area contributed by atoms with Crippen LogP contribution in [0.4, 0.5) is 0 Å². The zero-order valence-corrected chi connectivity index (χ0v) is 12.9. The van der Waals surface area contributed by atoms with Gasteiger partial charge in [-0.2, -0.15) is 0 Å². The molecule has 0 bridgehead atoms. The van der Waals surface area contributed by atoms with E-state index in [0.717, 1.165) is 6.54 Å². The first-order valence-electron chi connectivity index (χ1n) is 8.16. The third kappa shape index (κ3) is 5.04. The van der Waals surface area contributed by atoms with Crippen molar-refractivity contribution in [2.24, 2.45) is 5.41 Å². The molecule has 1 aliphatic heterocycles. The summed E-state index contributed by atoms with van der Waals surface area (Å²) in [5.41, 5.74) is 2.13. The van der Waals surface area contributed by atoms with Gasteiger partial charge in [0.15, 0.2) is 0 Å². The SMILES string of the molecule is CCCC(C)(CCC)/C1=C/NCCCCCCC1. The quantitative estimate of drug-likeness (QED) is 0.688. The summed E-state index contributed by atoms with van der Waals surface area (Å²) < 4.78 is 0. The van der Waals surface area contributed by atoms with Crippen LogP contribution in [0.3, 0.4) is 0 Å². The van der Waals surface area contributed by atoms with Crippen molar-refractivity contribution in [3.63, 3.8) is 0 Å². The van der Waals surface area contributed by atoms with Gasteiger partial charge in [-0.1, -0.05) is 52.9 Å². The molecule has 18 heavy (non-hydrogen) atoms. The lowest BCUT2D eigenvalue weighted by Gasteiger charge is -2.33. The van der Waals surface area contributed by atoms with Crippen LogP contribution in [0.1, 0.15) is 85.0 Å². The van der Waals surface area contributed by atoms with E-state index in [-0.39, 0.29) is 0 Å². The molecule has 0 saturated carbocycles. The molecule has 0 unspecified atom stereocenters. The molecule has 0 fully saturated rings. The minimum absolute atomic E-state index is 0.440. The van der Waals surface area contributed by atoms with Crippen LogP contribution in [-0.4, -0.2) is 6.54 Å². The molecular weight excluding hydrogens is 218 g/mol. The van der Waals surface area contributed by atoms with Crippen molar-refractivity contribution < 1.29 is 0 Å². The van der Waals surface area contributed by atoms with Crippen LogP contribution in [0.15, 0.2) is 11.8 Å². The molecule has 0 amide bonds. The molecule has 0 aromatic heterocycles. The van der Waals surface area contributed by atoms with Gasteiger partial charge in [0.05, 0.1) is 0 Å². The summed E-state index contributed by atoms with van der Waals surface area (Å²) in [6, 6.07) is 0. The summed E-state index contributed by atoms with van der Waals surface area (Å²) in [4.78, 5) is 0.